The summed E-state index contributed by atoms with van der Waals surface area (Å²) in [4.78, 5) is 22.9. The van der Waals surface area contributed by atoms with E-state index in [1.54, 1.807) is 6.07 Å². The van der Waals surface area contributed by atoms with Crippen molar-refractivity contribution in [2.24, 2.45) is 0 Å². The van der Waals surface area contributed by atoms with Crippen LogP contribution in [0.25, 0.3) is 0 Å². The summed E-state index contributed by atoms with van der Waals surface area (Å²) in [5, 5.41) is 22.0. The second kappa shape index (κ2) is 7.81. The number of nitro groups is 1. The Morgan fingerprint density at radius 1 is 1.33 bits per heavy atom. The summed E-state index contributed by atoms with van der Waals surface area (Å²) in [6.07, 6.45) is 2.83. The molecule has 3 aromatic rings. The lowest BCUT2D eigenvalue weighted by molar-refractivity contribution is -0.385. The third-order valence-corrected chi connectivity index (χ3v) is 4.22. The summed E-state index contributed by atoms with van der Waals surface area (Å²) in [5.74, 6) is 0.119. The van der Waals surface area contributed by atoms with E-state index in [-0.39, 0.29) is 11.6 Å². The molecule has 2 heterocycles. The molecule has 1 aromatic carbocycles. The van der Waals surface area contributed by atoms with E-state index in [0.29, 0.717) is 18.8 Å². The molecule has 1 atom stereocenters. The van der Waals surface area contributed by atoms with Gasteiger partial charge in [-0.1, -0.05) is 37.3 Å². The van der Waals surface area contributed by atoms with Gasteiger partial charge in [0.05, 0.1) is 11.5 Å². The number of nitrogens with zero attached hydrogens (tertiary/aromatic N) is 5. The van der Waals surface area contributed by atoms with Crippen LogP contribution in [0.15, 0.2) is 48.8 Å². The van der Waals surface area contributed by atoms with Crippen molar-refractivity contribution in [1.82, 2.24) is 19.6 Å². The molecule has 0 radical (unpaired) electrons. The summed E-state index contributed by atoms with van der Waals surface area (Å²) < 4.78 is 3.12. The molecule has 0 fully saturated rings. The maximum atomic E-state index is 12.6. The van der Waals surface area contributed by atoms with Gasteiger partial charge >= 0.3 is 5.69 Å². The number of nitrogens with one attached hydrogen (secondary N) is 1. The highest BCUT2D eigenvalue weighted by Crippen LogP contribution is 2.18. The average molecular weight is 368 g/mol. The van der Waals surface area contributed by atoms with Gasteiger partial charge in [-0.3, -0.25) is 24.3 Å². The van der Waals surface area contributed by atoms with Crippen molar-refractivity contribution in [3.8, 4) is 0 Å². The van der Waals surface area contributed by atoms with E-state index in [0.717, 1.165) is 17.5 Å². The van der Waals surface area contributed by atoms with Gasteiger partial charge in [-0.2, -0.15) is 10.2 Å². The quantitative estimate of drug-likeness (QED) is 0.509. The monoisotopic (exact) mass is 368 g/mol. The maximum absolute atomic E-state index is 12.6. The van der Waals surface area contributed by atoms with Gasteiger partial charge in [-0.05, 0) is 18.9 Å². The molecular weight excluding hydrogens is 348 g/mol. The number of amides is 1. The van der Waals surface area contributed by atoms with E-state index in [1.807, 2.05) is 48.9 Å². The number of carbonyl (C=O) groups is 1. The number of carbonyl (C=O) groups excluding carboxylic acids is 1. The molecule has 27 heavy (non-hydrogen) atoms. The highest BCUT2D eigenvalue weighted by atomic mass is 16.6. The van der Waals surface area contributed by atoms with Crippen LogP contribution in [0.3, 0.4) is 0 Å². The second-order valence-corrected chi connectivity index (χ2v) is 6.16. The van der Waals surface area contributed by atoms with Gasteiger partial charge in [0.25, 0.3) is 0 Å². The Bertz CT molecular complexity index is 947. The molecule has 2 aromatic heterocycles. The van der Waals surface area contributed by atoms with E-state index in [2.05, 4.69) is 15.5 Å². The van der Waals surface area contributed by atoms with Crippen LogP contribution in [0.5, 0.6) is 0 Å². The molecule has 1 N–H and O–H groups in total. The smallest absolute Gasteiger partial charge is 0.307 e. The highest BCUT2D eigenvalue weighted by molar-refractivity contribution is 5.92. The van der Waals surface area contributed by atoms with Crippen LogP contribution in [0.4, 0.5) is 11.5 Å². The van der Waals surface area contributed by atoms with Crippen molar-refractivity contribution in [1.29, 1.82) is 0 Å². The predicted molar refractivity (Wildman–Crippen MR) is 99.3 cm³/mol. The van der Waals surface area contributed by atoms with Gasteiger partial charge in [-0.25, -0.2) is 0 Å². The zero-order chi connectivity index (χ0) is 19.4. The Hall–Kier alpha value is -3.49. The molecule has 0 saturated heterocycles. The van der Waals surface area contributed by atoms with E-state index < -0.39 is 11.0 Å². The van der Waals surface area contributed by atoms with Gasteiger partial charge in [-0.15, -0.1) is 0 Å². The highest BCUT2D eigenvalue weighted by Gasteiger charge is 2.23. The van der Waals surface area contributed by atoms with Crippen LogP contribution in [-0.4, -0.2) is 30.4 Å². The van der Waals surface area contributed by atoms with Crippen LogP contribution in [0.1, 0.15) is 30.6 Å². The predicted octanol–water partition coefficient (Wildman–Crippen LogP) is 2.93. The van der Waals surface area contributed by atoms with Crippen molar-refractivity contribution >= 4 is 17.4 Å². The minimum atomic E-state index is -0.654. The molecule has 0 bridgehead atoms. The molecule has 9 heteroatoms. The first kappa shape index (κ1) is 18.3. The number of benzene rings is 1. The van der Waals surface area contributed by atoms with Crippen molar-refractivity contribution < 1.29 is 9.72 Å². The molecule has 0 saturated carbocycles. The zero-order valence-electron chi connectivity index (χ0n) is 15.1. The van der Waals surface area contributed by atoms with Crippen molar-refractivity contribution in [2.45, 2.75) is 32.9 Å². The van der Waals surface area contributed by atoms with Gasteiger partial charge in [0, 0.05) is 11.8 Å². The van der Waals surface area contributed by atoms with Crippen molar-refractivity contribution in [3.63, 3.8) is 0 Å². The fourth-order valence-corrected chi connectivity index (χ4v) is 2.78. The number of rotatable bonds is 7. The standard InChI is InChI=1S/C18H20N6O3/c1-3-16(23-12-15(10-19-23)24(26)27)18(25)20-17-9-13(2)22(21-17)11-14-7-5-4-6-8-14/h4-10,12,16H,3,11H2,1-2H3,(H,20,21,25). The Kier molecular flexibility index (Phi) is 5.30. The molecule has 0 spiro atoms. The number of anilines is 1. The Morgan fingerprint density at radius 3 is 2.70 bits per heavy atom. The molecule has 0 aliphatic rings. The van der Waals surface area contributed by atoms with Crippen LogP contribution < -0.4 is 5.32 Å². The van der Waals surface area contributed by atoms with E-state index in [4.69, 9.17) is 0 Å². The third-order valence-electron chi connectivity index (χ3n) is 4.22. The van der Waals surface area contributed by atoms with E-state index in [1.165, 1.54) is 10.9 Å². The topological polar surface area (TPSA) is 108 Å². The fraction of sp³-hybridized carbons (Fsp3) is 0.278. The average Bonchev–Trinajstić information content (AvgIpc) is 3.24. The third kappa shape index (κ3) is 4.20. The minimum absolute atomic E-state index is 0.149. The van der Waals surface area contributed by atoms with Gasteiger partial charge in [0.1, 0.15) is 18.4 Å². The Balaban J connectivity index is 1.72. The molecule has 140 valence electrons. The van der Waals surface area contributed by atoms with E-state index in [9.17, 15) is 14.9 Å². The minimum Gasteiger partial charge on any atom is -0.307 e. The first-order chi connectivity index (χ1) is 13.0. The van der Waals surface area contributed by atoms with E-state index >= 15 is 0 Å². The molecular formula is C18H20N6O3. The normalized spacial score (nSPS) is 11.9. The van der Waals surface area contributed by atoms with Gasteiger partial charge in [0.15, 0.2) is 5.82 Å². The van der Waals surface area contributed by atoms with Crippen LogP contribution in [0.2, 0.25) is 0 Å². The summed E-state index contributed by atoms with van der Waals surface area (Å²) in [5.41, 5.74) is 1.87. The van der Waals surface area contributed by atoms with Gasteiger partial charge < -0.3 is 5.32 Å². The Morgan fingerprint density at radius 2 is 2.07 bits per heavy atom. The lowest BCUT2D eigenvalue weighted by atomic mass is 10.2. The molecule has 9 nitrogen and oxygen atoms in total. The largest absolute Gasteiger partial charge is 0.307 e. The fourth-order valence-electron chi connectivity index (χ4n) is 2.78. The first-order valence-corrected chi connectivity index (χ1v) is 8.55. The first-order valence-electron chi connectivity index (χ1n) is 8.55. The molecule has 3 rings (SSSR count). The SMILES string of the molecule is CCC(C(=O)Nc1cc(C)n(Cc2ccccc2)n1)n1cc([N+](=O)[O-])cn1. The second-order valence-electron chi connectivity index (χ2n) is 6.16. The number of aromatic nitrogens is 4. The number of aryl methyl sites for hydroxylation is 1. The molecule has 1 amide bonds. The summed E-state index contributed by atoms with van der Waals surface area (Å²) in [6.45, 7) is 4.34. The number of hydrogen-bond acceptors (Lipinski definition) is 5. The van der Waals surface area contributed by atoms with Gasteiger partial charge in [0.2, 0.25) is 5.91 Å². The van der Waals surface area contributed by atoms with Crippen LogP contribution >= 0.6 is 0 Å². The molecule has 0 aliphatic carbocycles. The number of hydrogen-bond donors (Lipinski definition) is 1. The summed E-state index contributed by atoms with van der Waals surface area (Å²) in [6, 6.07) is 11.0. The van der Waals surface area contributed by atoms with Crippen LogP contribution in [-0.2, 0) is 11.3 Å². The zero-order valence-corrected chi connectivity index (χ0v) is 15.1. The Labute approximate surface area is 155 Å². The lowest BCUT2D eigenvalue weighted by Crippen LogP contribution is -2.26. The lowest BCUT2D eigenvalue weighted by Gasteiger charge is -2.13. The molecule has 0 aliphatic heterocycles. The maximum Gasteiger partial charge on any atom is 0.307 e. The van der Waals surface area contributed by atoms with Crippen molar-refractivity contribution in [2.75, 3.05) is 5.32 Å². The van der Waals surface area contributed by atoms with Crippen LogP contribution in [0, 0.1) is 17.0 Å². The summed E-state index contributed by atoms with van der Waals surface area (Å²) in [7, 11) is 0. The van der Waals surface area contributed by atoms with Crippen molar-refractivity contribution in [3.05, 3.63) is 70.2 Å². The molecule has 1 unspecified atom stereocenters. The summed E-state index contributed by atoms with van der Waals surface area (Å²) >= 11 is 0.